The number of aromatic nitrogens is 2. The van der Waals surface area contributed by atoms with Crippen LogP contribution in [0.25, 0.3) is 0 Å². The molecule has 0 unspecified atom stereocenters. The van der Waals surface area contributed by atoms with Crippen LogP contribution in [0.4, 0.5) is 0 Å². The van der Waals surface area contributed by atoms with Crippen LogP contribution in [0.5, 0.6) is 0 Å². The second-order valence-electron chi connectivity index (χ2n) is 5.50. The Labute approximate surface area is 126 Å². The molecule has 0 bridgehead atoms. The Balaban J connectivity index is 1.73. The lowest BCUT2D eigenvalue weighted by atomic mass is 10.3. The van der Waals surface area contributed by atoms with Gasteiger partial charge in [0.25, 0.3) is 0 Å². The molecule has 0 aliphatic carbocycles. The Morgan fingerprint density at radius 1 is 1.52 bits per heavy atom. The van der Waals surface area contributed by atoms with E-state index < -0.39 is 0 Å². The second-order valence-corrected chi connectivity index (χ2v) is 5.50. The van der Waals surface area contributed by atoms with E-state index in [0.29, 0.717) is 6.54 Å². The van der Waals surface area contributed by atoms with Gasteiger partial charge in [-0.3, -0.25) is 4.99 Å². The van der Waals surface area contributed by atoms with E-state index in [1.54, 1.807) is 0 Å². The van der Waals surface area contributed by atoms with Gasteiger partial charge < -0.3 is 19.9 Å². The number of aliphatic hydroxyl groups excluding tert-OH is 1. The van der Waals surface area contributed by atoms with Crippen molar-refractivity contribution in [2.75, 3.05) is 26.2 Å². The van der Waals surface area contributed by atoms with Crippen LogP contribution in [0.3, 0.4) is 0 Å². The molecule has 1 aromatic rings. The maximum Gasteiger partial charge on any atom is 0.194 e. The highest BCUT2D eigenvalue weighted by atomic mass is 16.3. The van der Waals surface area contributed by atoms with Crippen LogP contribution < -0.4 is 5.32 Å². The number of nitrogens with zero attached hydrogens (tertiary/aromatic N) is 4. The van der Waals surface area contributed by atoms with E-state index in [9.17, 15) is 5.11 Å². The monoisotopic (exact) mass is 293 g/mol. The molecule has 0 amide bonds. The third-order valence-electron chi connectivity index (χ3n) is 3.79. The van der Waals surface area contributed by atoms with Gasteiger partial charge in [-0.1, -0.05) is 0 Å². The number of nitrogens with one attached hydrogen (secondary N) is 1. The average molecular weight is 293 g/mol. The predicted octanol–water partition coefficient (Wildman–Crippen LogP) is 1.00. The van der Waals surface area contributed by atoms with E-state index in [-0.39, 0.29) is 6.10 Å². The number of rotatable bonds is 6. The van der Waals surface area contributed by atoms with E-state index in [0.717, 1.165) is 57.2 Å². The Bertz CT molecular complexity index is 457. The minimum Gasteiger partial charge on any atom is -0.391 e. The van der Waals surface area contributed by atoms with E-state index in [1.165, 1.54) is 0 Å². The third kappa shape index (κ3) is 4.74. The van der Waals surface area contributed by atoms with E-state index in [1.807, 2.05) is 19.3 Å². The first kappa shape index (κ1) is 15.8. The summed E-state index contributed by atoms with van der Waals surface area (Å²) in [6.45, 7) is 8.37. The molecule has 0 radical (unpaired) electrons. The van der Waals surface area contributed by atoms with E-state index >= 15 is 0 Å². The van der Waals surface area contributed by atoms with Gasteiger partial charge in [0.2, 0.25) is 0 Å². The lowest BCUT2D eigenvalue weighted by Gasteiger charge is -2.20. The molecular weight excluding hydrogens is 266 g/mol. The fraction of sp³-hybridized carbons (Fsp3) is 0.733. The van der Waals surface area contributed by atoms with Gasteiger partial charge in [-0.25, -0.2) is 4.98 Å². The molecule has 1 aliphatic heterocycles. The summed E-state index contributed by atoms with van der Waals surface area (Å²) in [6, 6.07) is 0. The summed E-state index contributed by atoms with van der Waals surface area (Å²) in [5.41, 5.74) is 0. The molecule has 6 nitrogen and oxygen atoms in total. The average Bonchev–Trinajstić information content (AvgIpc) is 3.06. The minimum absolute atomic E-state index is 0.210. The maximum absolute atomic E-state index is 9.62. The molecule has 0 spiro atoms. The van der Waals surface area contributed by atoms with Gasteiger partial charge >= 0.3 is 0 Å². The zero-order valence-corrected chi connectivity index (χ0v) is 13.1. The highest BCUT2D eigenvalue weighted by Crippen LogP contribution is 2.09. The number of aliphatic hydroxyl groups is 1. The van der Waals surface area contributed by atoms with Crippen LogP contribution in [-0.2, 0) is 6.54 Å². The summed E-state index contributed by atoms with van der Waals surface area (Å²) in [6.07, 6.45) is 6.65. The third-order valence-corrected chi connectivity index (χ3v) is 3.79. The summed E-state index contributed by atoms with van der Waals surface area (Å²) in [4.78, 5) is 11.0. The lowest BCUT2D eigenvalue weighted by molar-refractivity contribution is 0.188. The zero-order valence-electron chi connectivity index (χ0n) is 13.1. The SMILES string of the molecule is CCNC(=NCCCCn1ccnc1C)N1CC[C@@H](O)C1. The normalized spacial score (nSPS) is 19.3. The first-order chi connectivity index (χ1) is 10.2. The van der Waals surface area contributed by atoms with Crippen molar-refractivity contribution in [1.82, 2.24) is 19.8 Å². The van der Waals surface area contributed by atoms with Crippen LogP contribution in [0.1, 0.15) is 32.0 Å². The van der Waals surface area contributed by atoms with Crippen LogP contribution in [0.2, 0.25) is 0 Å². The number of likely N-dealkylation sites (tertiary alicyclic amines) is 1. The minimum atomic E-state index is -0.210. The maximum atomic E-state index is 9.62. The first-order valence-electron chi connectivity index (χ1n) is 7.89. The highest BCUT2D eigenvalue weighted by molar-refractivity contribution is 5.80. The molecule has 1 fully saturated rings. The second kappa shape index (κ2) is 8.02. The van der Waals surface area contributed by atoms with Gasteiger partial charge in [0, 0.05) is 45.1 Å². The molecule has 6 heteroatoms. The molecule has 2 N–H and O–H groups in total. The van der Waals surface area contributed by atoms with Crippen LogP contribution in [0.15, 0.2) is 17.4 Å². The molecule has 1 atom stereocenters. The standard InChI is InChI=1S/C15H27N5O/c1-3-16-15(20-10-6-14(21)12-20)18-7-4-5-9-19-11-8-17-13(19)2/h8,11,14,21H,3-7,9-10,12H2,1-2H3,(H,16,18)/t14-/m1/s1. The number of hydrogen-bond acceptors (Lipinski definition) is 3. The van der Waals surface area contributed by atoms with Crippen molar-refractivity contribution in [2.24, 2.45) is 4.99 Å². The zero-order chi connectivity index (χ0) is 15.1. The van der Waals surface area contributed by atoms with Gasteiger partial charge in [0.15, 0.2) is 5.96 Å². The van der Waals surface area contributed by atoms with Gasteiger partial charge in [0.05, 0.1) is 6.10 Å². The number of aliphatic imine (C=N–C) groups is 1. The van der Waals surface area contributed by atoms with Crippen LogP contribution in [0, 0.1) is 6.92 Å². The summed E-state index contributed by atoms with van der Waals surface area (Å²) in [5.74, 6) is 2.01. The summed E-state index contributed by atoms with van der Waals surface area (Å²) in [7, 11) is 0. The van der Waals surface area contributed by atoms with Crippen molar-refractivity contribution in [2.45, 2.75) is 45.8 Å². The van der Waals surface area contributed by atoms with Gasteiger partial charge in [-0.05, 0) is 33.1 Å². The largest absolute Gasteiger partial charge is 0.391 e. The fourth-order valence-electron chi connectivity index (χ4n) is 2.58. The smallest absolute Gasteiger partial charge is 0.194 e. The van der Waals surface area contributed by atoms with Crippen LogP contribution in [-0.4, -0.2) is 57.8 Å². The van der Waals surface area contributed by atoms with Gasteiger partial charge in [0.1, 0.15) is 5.82 Å². The molecule has 0 aromatic carbocycles. The summed E-state index contributed by atoms with van der Waals surface area (Å²) < 4.78 is 2.17. The number of β-amino-alcohol motifs (C(OH)–C–C–N with tert-alkyl or cyclic N) is 1. The molecular formula is C15H27N5O. The molecule has 118 valence electrons. The van der Waals surface area contributed by atoms with E-state index in [2.05, 4.69) is 31.7 Å². The van der Waals surface area contributed by atoms with Crippen molar-refractivity contribution in [3.05, 3.63) is 18.2 Å². The van der Waals surface area contributed by atoms with Crippen molar-refractivity contribution in [3.8, 4) is 0 Å². The Kier molecular flexibility index (Phi) is 6.04. The first-order valence-corrected chi connectivity index (χ1v) is 7.89. The summed E-state index contributed by atoms with van der Waals surface area (Å²) in [5, 5.41) is 12.9. The number of aryl methyl sites for hydroxylation is 2. The van der Waals surface area contributed by atoms with Crippen molar-refractivity contribution in [1.29, 1.82) is 0 Å². The highest BCUT2D eigenvalue weighted by Gasteiger charge is 2.22. The number of unbranched alkanes of at least 4 members (excludes halogenated alkanes) is 1. The molecule has 2 rings (SSSR count). The fourth-order valence-corrected chi connectivity index (χ4v) is 2.58. The molecule has 1 aromatic heterocycles. The molecule has 1 aliphatic rings. The predicted molar refractivity (Wildman–Crippen MR) is 84.4 cm³/mol. The van der Waals surface area contributed by atoms with Crippen molar-refractivity contribution < 1.29 is 5.11 Å². The van der Waals surface area contributed by atoms with Crippen LogP contribution >= 0.6 is 0 Å². The number of hydrogen-bond donors (Lipinski definition) is 2. The topological polar surface area (TPSA) is 65.7 Å². The lowest BCUT2D eigenvalue weighted by Crippen LogP contribution is -2.40. The number of guanidine groups is 1. The number of imidazole rings is 1. The quantitative estimate of drug-likeness (QED) is 0.467. The van der Waals surface area contributed by atoms with Gasteiger partial charge in [-0.2, -0.15) is 0 Å². The van der Waals surface area contributed by atoms with E-state index in [4.69, 9.17) is 0 Å². The molecule has 21 heavy (non-hydrogen) atoms. The van der Waals surface area contributed by atoms with Gasteiger partial charge in [-0.15, -0.1) is 0 Å². The van der Waals surface area contributed by atoms with Crippen molar-refractivity contribution >= 4 is 5.96 Å². The Hall–Kier alpha value is -1.56. The molecule has 0 saturated carbocycles. The molecule has 1 saturated heterocycles. The summed E-state index contributed by atoms with van der Waals surface area (Å²) >= 11 is 0. The Morgan fingerprint density at radius 2 is 2.38 bits per heavy atom. The molecule has 2 heterocycles. The van der Waals surface area contributed by atoms with Crippen molar-refractivity contribution in [3.63, 3.8) is 0 Å². The Morgan fingerprint density at radius 3 is 3.00 bits per heavy atom.